The Morgan fingerprint density at radius 1 is 1.50 bits per heavy atom. The molecule has 0 aromatic carbocycles. The number of ether oxygens (including phenoxy) is 1. The number of rotatable bonds is 0. The van der Waals surface area contributed by atoms with E-state index in [0.717, 1.165) is 0 Å². The molecule has 0 N–H and O–H groups in total. The van der Waals surface area contributed by atoms with Crippen LogP contribution in [0.2, 0.25) is 0 Å². The summed E-state index contributed by atoms with van der Waals surface area (Å²) in [4.78, 5) is 13.0. The van der Waals surface area contributed by atoms with Crippen molar-refractivity contribution in [3.05, 3.63) is 0 Å². The fourth-order valence-electron chi connectivity index (χ4n) is 1.54. The van der Waals surface area contributed by atoms with Crippen LogP contribution in [0.5, 0.6) is 0 Å². The van der Waals surface area contributed by atoms with Crippen molar-refractivity contribution in [2.45, 2.75) is 51.9 Å². The molecule has 1 rings (SSSR count). The van der Waals surface area contributed by atoms with Gasteiger partial charge in [0.15, 0.2) is 0 Å². The third-order valence-electron chi connectivity index (χ3n) is 2.15. The van der Waals surface area contributed by atoms with Crippen molar-refractivity contribution in [1.29, 1.82) is 0 Å². The monoisotopic (exact) mass is 203 g/mol. The molecule has 1 aliphatic heterocycles. The van der Waals surface area contributed by atoms with E-state index >= 15 is 0 Å². The van der Waals surface area contributed by atoms with Crippen LogP contribution in [0.15, 0.2) is 0 Å². The summed E-state index contributed by atoms with van der Waals surface area (Å²) in [6, 6.07) is -0.0557. The van der Waals surface area contributed by atoms with Crippen LogP contribution in [-0.2, 0) is 4.74 Å². The number of hydrogen-bond acceptors (Lipinski definition) is 2. The van der Waals surface area contributed by atoms with Gasteiger partial charge in [-0.3, -0.25) is 0 Å². The predicted octanol–water partition coefficient (Wildman–Crippen LogP) is 2.35. The molecule has 0 spiro atoms. The molecule has 1 unspecified atom stereocenters. The molecule has 0 bridgehead atoms. The summed E-state index contributed by atoms with van der Waals surface area (Å²) in [5.74, 6) is 0. The molecule has 4 heteroatoms. The van der Waals surface area contributed by atoms with E-state index in [1.165, 1.54) is 4.90 Å². The average molecular weight is 203 g/mol. The van der Waals surface area contributed by atoms with E-state index in [2.05, 4.69) is 0 Å². The summed E-state index contributed by atoms with van der Waals surface area (Å²) in [6.07, 6.45) is -0.901. The third kappa shape index (κ3) is 2.86. The number of likely N-dealkylation sites (tertiary alicyclic amines) is 1. The molecule has 1 aliphatic rings. The van der Waals surface area contributed by atoms with Crippen LogP contribution < -0.4 is 0 Å². The van der Waals surface area contributed by atoms with Gasteiger partial charge in [0.25, 0.3) is 0 Å². The van der Waals surface area contributed by atoms with Crippen LogP contribution in [-0.4, -0.2) is 35.4 Å². The highest BCUT2D eigenvalue weighted by molar-refractivity contribution is 5.69. The molecule has 82 valence electrons. The molecule has 0 aliphatic carbocycles. The molecule has 1 amide bonds. The SMILES string of the molecule is CC1C[C@@H](F)CN1C(=O)OC(C)(C)C. The Balaban J connectivity index is 2.53. The fourth-order valence-corrected chi connectivity index (χ4v) is 1.54. The first kappa shape index (κ1) is 11.3. The summed E-state index contributed by atoms with van der Waals surface area (Å²) in [7, 11) is 0. The molecule has 1 heterocycles. The first-order chi connectivity index (χ1) is 6.29. The first-order valence-electron chi connectivity index (χ1n) is 4.93. The normalized spacial score (nSPS) is 27.9. The fraction of sp³-hybridized carbons (Fsp3) is 0.900. The molecule has 0 radical (unpaired) electrons. The second kappa shape index (κ2) is 3.75. The van der Waals surface area contributed by atoms with Gasteiger partial charge >= 0.3 is 6.09 Å². The van der Waals surface area contributed by atoms with E-state index in [4.69, 9.17) is 4.74 Å². The highest BCUT2D eigenvalue weighted by Crippen LogP contribution is 2.22. The Hall–Kier alpha value is -0.800. The third-order valence-corrected chi connectivity index (χ3v) is 2.15. The lowest BCUT2D eigenvalue weighted by Gasteiger charge is -2.26. The summed E-state index contributed by atoms with van der Waals surface area (Å²) in [5, 5.41) is 0. The van der Waals surface area contributed by atoms with Crippen molar-refractivity contribution in [2.24, 2.45) is 0 Å². The van der Waals surface area contributed by atoms with Gasteiger partial charge in [-0.15, -0.1) is 0 Å². The maximum atomic E-state index is 13.0. The van der Waals surface area contributed by atoms with Gasteiger partial charge in [-0.05, 0) is 27.7 Å². The molecule has 1 saturated heterocycles. The number of halogens is 1. The highest BCUT2D eigenvalue weighted by atomic mass is 19.1. The van der Waals surface area contributed by atoms with E-state index < -0.39 is 17.9 Å². The average Bonchev–Trinajstić information content (AvgIpc) is 2.26. The Kier molecular flexibility index (Phi) is 3.02. The maximum Gasteiger partial charge on any atom is 0.410 e. The molecule has 1 fully saturated rings. The summed E-state index contributed by atoms with van der Waals surface area (Å²) in [5.41, 5.74) is -0.509. The smallest absolute Gasteiger partial charge is 0.410 e. The van der Waals surface area contributed by atoms with Crippen molar-refractivity contribution >= 4 is 6.09 Å². The second-order valence-electron chi connectivity index (χ2n) is 4.81. The van der Waals surface area contributed by atoms with Gasteiger partial charge in [-0.25, -0.2) is 9.18 Å². The number of amides is 1. The van der Waals surface area contributed by atoms with E-state index in [-0.39, 0.29) is 12.6 Å². The van der Waals surface area contributed by atoms with Gasteiger partial charge in [0.2, 0.25) is 0 Å². The van der Waals surface area contributed by atoms with E-state index in [1.54, 1.807) is 20.8 Å². The quantitative estimate of drug-likeness (QED) is 0.604. The minimum Gasteiger partial charge on any atom is -0.444 e. The van der Waals surface area contributed by atoms with E-state index in [1.807, 2.05) is 6.92 Å². The number of nitrogens with zero attached hydrogens (tertiary/aromatic N) is 1. The number of carbonyl (C=O) groups excluding carboxylic acids is 1. The zero-order valence-corrected chi connectivity index (χ0v) is 9.21. The lowest BCUT2D eigenvalue weighted by atomic mass is 10.2. The molecular formula is C10H18FNO2. The zero-order valence-electron chi connectivity index (χ0n) is 9.21. The topological polar surface area (TPSA) is 29.5 Å². The molecule has 0 saturated carbocycles. The Morgan fingerprint density at radius 3 is 2.43 bits per heavy atom. The molecule has 2 atom stereocenters. The lowest BCUT2D eigenvalue weighted by Crippen LogP contribution is -2.38. The molecule has 0 aromatic rings. The molecule has 0 aromatic heterocycles. The van der Waals surface area contributed by atoms with Crippen LogP contribution in [0.3, 0.4) is 0 Å². The molecule has 14 heavy (non-hydrogen) atoms. The van der Waals surface area contributed by atoms with Crippen LogP contribution in [0.4, 0.5) is 9.18 Å². The summed E-state index contributed by atoms with van der Waals surface area (Å²) >= 11 is 0. The van der Waals surface area contributed by atoms with E-state index in [0.29, 0.717) is 6.42 Å². The van der Waals surface area contributed by atoms with Crippen LogP contribution >= 0.6 is 0 Å². The standard InChI is InChI=1S/C10H18FNO2/c1-7-5-8(11)6-12(7)9(13)14-10(2,3)4/h7-8H,5-6H2,1-4H3/t7?,8-/m1/s1. The van der Waals surface area contributed by atoms with Gasteiger partial charge in [0, 0.05) is 12.5 Å². The van der Waals surface area contributed by atoms with Gasteiger partial charge in [-0.2, -0.15) is 0 Å². The number of hydrogen-bond donors (Lipinski definition) is 0. The van der Waals surface area contributed by atoms with Crippen molar-refractivity contribution in [3.8, 4) is 0 Å². The lowest BCUT2D eigenvalue weighted by molar-refractivity contribution is 0.0230. The largest absolute Gasteiger partial charge is 0.444 e. The van der Waals surface area contributed by atoms with Gasteiger partial charge < -0.3 is 9.64 Å². The minimum atomic E-state index is -0.905. The van der Waals surface area contributed by atoms with Crippen LogP contribution in [0.1, 0.15) is 34.1 Å². The second-order valence-corrected chi connectivity index (χ2v) is 4.81. The first-order valence-corrected chi connectivity index (χ1v) is 4.93. The van der Waals surface area contributed by atoms with Crippen LogP contribution in [0.25, 0.3) is 0 Å². The van der Waals surface area contributed by atoms with Crippen LogP contribution in [0, 0.1) is 0 Å². The van der Waals surface area contributed by atoms with Crippen molar-refractivity contribution in [2.75, 3.05) is 6.54 Å². The van der Waals surface area contributed by atoms with Gasteiger partial charge in [0.1, 0.15) is 11.8 Å². The number of carbonyl (C=O) groups is 1. The maximum absolute atomic E-state index is 13.0. The summed E-state index contributed by atoms with van der Waals surface area (Å²) < 4.78 is 18.1. The van der Waals surface area contributed by atoms with Crippen molar-refractivity contribution in [3.63, 3.8) is 0 Å². The molecule has 3 nitrogen and oxygen atoms in total. The Labute approximate surface area is 84.2 Å². The Morgan fingerprint density at radius 2 is 2.07 bits per heavy atom. The number of alkyl halides is 1. The zero-order chi connectivity index (χ0) is 10.9. The minimum absolute atomic E-state index is 0.0557. The van der Waals surface area contributed by atoms with Crippen molar-refractivity contribution < 1.29 is 13.9 Å². The highest BCUT2D eigenvalue weighted by Gasteiger charge is 2.34. The van der Waals surface area contributed by atoms with Crippen molar-refractivity contribution in [1.82, 2.24) is 4.90 Å². The molecular weight excluding hydrogens is 185 g/mol. The predicted molar refractivity (Wildman–Crippen MR) is 51.9 cm³/mol. The van der Waals surface area contributed by atoms with E-state index in [9.17, 15) is 9.18 Å². The Bertz CT molecular complexity index is 225. The van der Waals surface area contributed by atoms with Gasteiger partial charge in [0.05, 0.1) is 6.54 Å². The summed E-state index contributed by atoms with van der Waals surface area (Å²) in [6.45, 7) is 7.41. The van der Waals surface area contributed by atoms with Gasteiger partial charge in [-0.1, -0.05) is 0 Å².